The SMILES string of the molecule is O=C1c2cc(Cl)cc(Cl)c2CCC1Br. The zero-order valence-corrected chi connectivity index (χ0v) is 10.3. The maximum Gasteiger partial charge on any atom is 0.176 e. The minimum absolute atomic E-state index is 0.0793. The highest BCUT2D eigenvalue weighted by Crippen LogP contribution is 2.33. The third kappa shape index (κ3) is 1.71. The number of rotatable bonds is 0. The van der Waals surface area contributed by atoms with Gasteiger partial charge in [-0.2, -0.15) is 0 Å². The van der Waals surface area contributed by atoms with Crippen molar-refractivity contribution in [2.75, 3.05) is 0 Å². The molecule has 0 N–H and O–H groups in total. The topological polar surface area (TPSA) is 17.1 Å². The van der Waals surface area contributed by atoms with Gasteiger partial charge in [-0.15, -0.1) is 0 Å². The van der Waals surface area contributed by atoms with Crippen LogP contribution in [-0.4, -0.2) is 10.6 Å². The Labute approximate surface area is 101 Å². The normalized spacial score (nSPS) is 20.8. The first-order chi connectivity index (χ1) is 6.59. The van der Waals surface area contributed by atoms with Crippen LogP contribution in [0.15, 0.2) is 12.1 Å². The van der Waals surface area contributed by atoms with E-state index < -0.39 is 0 Å². The minimum atomic E-state index is -0.0930. The van der Waals surface area contributed by atoms with Crippen LogP contribution in [0.1, 0.15) is 22.3 Å². The van der Waals surface area contributed by atoms with E-state index in [1.54, 1.807) is 12.1 Å². The summed E-state index contributed by atoms with van der Waals surface area (Å²) in [4.78, 5) is 11.7. The van der Waals surface area contributed by atoms with Gasteiger partial charge >= 0.3 is 0 Å². The van der Waals surface area contributed by atoms with Gasteiger partial charge in [0.2, 0.25) is 0 Å². The lowest BCUT2D eigenvalue weighted by molar-refractivity contribution is 0.0981. The molecule has 1 unspecified atom stereocenters. The lowest BCUT2D eigenvalue weighted by Crippen LogP contribution is -2.22. The maximum atomic E-state index is 11.8. The van der Waals surface area contributed by atoms with E-state index in [9.17, 15) is 4.79 Å². The average molecular weight is 294 g/mol. The van der Waals surface area contributed by atoms with Gasteiger partial charge in [-0.05, 0) is 30.5 Å². The standard InChI is InChI=1S/C10H7BrCl2O/c11-8-2-1-6-7(10(8)14)3-5(12)4-9(6)13/h3-4,8H,1-2H2. The molecule has 1 aromatic rings. The molecule has 1 aliphatic rings. The van der Waals surface area contributed by atoms with Crippen molar-refractivity contribution in [2.24, 2.45) is 0 Å². The van der Waals surface area contributed by atoms with E-state index in [1.807, 2.05) is 0 Å². The summed E-state index contributed by atoms with van der Waals surface area (Å²) in [6, 6.07) is 3.38. The predicted molar refractivity (Wildman–Crippen MR) is 61.8 cm³/mol. The number of hydrogen-bond acceptors (Lipinski definition) is 1. The van der Waals surface area contributed by atoms with Crippen LogP contribution < -0.4 is 0 Å². The zero-order chi connectivity index (χ0) is 10.3. The number of hydrogen-bond donors (Lipinski definition) is 0. The molecule has 0 heterocycles. The molecule has 0 bridgehead atoms. The zero-order valence-electron chi connectivity index (χ0n) is 7.19. The second-order valence-electron chi connectivity index (χ2n) is 3.28. The summed E-state index contributed by atoms with van der Waals surface area (Å²) in [5.74, 6) is 0.0793. The van der Waals surface area contributed by atoms with Crippen LogP contribution in [0.5, 0.6) is 0 Å². The molecule has 4 heteroatoms. The van der Waals surface area contributed by atoms with Gasteiger partial charge in [-0.3, -0.25) is 4.79 Å². The molecule has 1 nitrogen and oxygen atoms in total. The van der Waals surface area contributed by atoms with Gasteiger partial charge in [0.05, 0.1) is 4.83 Å². The van der Waals surface area contributed by atoms with Crippen LogP contribution >= 0.6 is 39.1 Å². The van der Waals surface area contributed by atoms with Crippen LogP contribution in [0.4, 0.5) is 0 Å². The molecule has 2 rings (SSSR count). The highest BCUT2D eigenvalue weighted by Gasteiger charge is 2.26. The van der Waals surface area contributed by atoms with Gasteiger partial charge in [-0.25, -0.2) is 0 Å². The number of benzene rings is 1. The molecule has 0 aliphatic heterocycles. The molecule has 1 atom stereocenters. The molecule has 74 valence electrons. The van der Waals surface area contributed by atoms with E-state index in [0.717, 1.165) is 18.4 Å². The van der Waals surface area contributed by atoms with Crippen LogP contribution in [0.3, 0.4) is 0 Å². The van der Waals surface area contributed by atoms with Crippen LogP contribution in [0, 0.1) is 0 Å². The molecule has 14 heavy (non-hydrogen) atoms. The monoisotopic (exact) mass is 292 g/mol. The summed E-state index contributed by atoms with van der Waals surface area (Å²) in [6.45, 7) is 0. The Morgan fingerprint density at radius 3 is 2.79 bits per heavy atom. The Morgan fingerprint density at radius 2 is 2.07 bits per heavy atom. The summed E-state index contributed by atoms with van der Waals surface area (Å²) in [5.41, 5.74) is 1.59. The lowest BCUT2D eigenvalue weighted by atomic mass is 9.90. The van der Waals surface area contributed by atoms with Crippen molar-refractivity contribution in [3.05, 3.63) is 33.3 Å². The van der Waals surface area contributed by atoms with E-state index in [1.165, 1.54) is 0 Å². The number of alkyl halides is 1. The van der Waals surface area contributed by atoms with Gasteiger partial charge < -0.3 is 0 Å². The molecule has 0 amide bonds. The Kier molecular flexibility index (Phi) is 2.87. The molecule has 0 fully saturated rings. The van der Waals surface area contributed by atoms with Gasteiger partial charge in [0.15, 0.2) is 5.78 Å². The Morgan fingerprint density at radius 1 is 1.36 bits per heavy atom. The molecule has 0 saturated carbocycles. The fourth-order valence-electron chi connectivity index (χ4n) is 1.65. The quantitative estimate of drug-likeness (QED) is 0.663. The minimum Gasteiger partial charge on any atom is -0.293 e. The first-order valence-electron chi connectivity index (χ1n) is 4.26. The molecule has 1 aromatic carbocycles. The number of Topliss-reactive ketones (excluding diaryl/α,β-unsaturated/α-hetero) is 1. The Balaban J connectivity index is 2.60. The number of halogens is 3. The van der Waals surface area contributed by atoms with Crippen molar-refractivity contribution in [1.29, 1.82) is 0 Å². The average Bonchev–Trinajstić information content (AvgIpc) is 2.12. The van der Waals surface area contributed by atoms with Gasteiger partial charge in [0, 0.05) is 15.6 Å². The molecular formula is C10H7BrCl2O. The van der Waals surface area contributed by atoms with Gasteiger partial charge in [0.25, 0.3) is 0 Å². The van der Waals surface area contributed by atoms with Crippen molar-refractivity contribution in [3.63, 3.8) is 0 Å². The Bertz CT molecular complexity index is 403. The summed E-state index contributed by atoms with van der Waals surface area (Å²) in [5, 5.41) is 1.11. The van der Waals surface area contributed by atoms with E-state index in [-0.39, 0.29) is 10.6 Å². The molecule has 0 spiro atoms. The van der Waals surface area contributed by atoms with Crippen LogP contribution in [-0.2, 0) is 6.42 Å². The summed E-state index contributed by atoms with van der Waals surface area (Å²) >= 11 is 15.2. The number of carbonyl (C=O) groups excluding carboxylic acids is 1. The molecule has 0 saturated heterocycles. The second-order valence-corrected chi connectivity index (χ2v) is 5.23. The lowest BCUT2D eigenvalue weighted by Gasteiger charge is -2.20. The number of carbonyl (C=O) groups is 1. The van der Waals surface area contributed by atoms with E-state index >= 15 is 0 Å². The van der Waals surface area contributed by atoms with Crippen molar-refractivity contribution < 1.29 is 4.79 Å². The first-order valence-corrected chi connectivity index (χ1v) is 5.93. The van der Waals surface area contributed by atoms with Crippen molar-refractivity contribution >= 4 is 44.9 Å². The van der Waals surface area contributed by atoms with E-state index in [2.05, 4.69) is 15.9 Å². The van der Waals surface area contributed by atoms with Gasteiger partial charge in [0.1, 0.15) is 0 Å². The molecule has 0 radical (unpaired) electrons. The molecular weight excluding hydrogens is 287 g/mol. The molecule has 0 aromatic heterocycles. The Hall–Kier alpha value is -0.0500. The van der Waals surface area contributed by atoms with Crippen LogP contribution in [0.2, 0.25) is 10.0 Å². The summed E-state index contributed by atoms with van der Waals surface area (Å²) in [6.07, 6.45) is 1.63. The highest BCUT2D eigenvalue weighted by atomic mass is 79.9. The fraction of sp³-hybridized carbons (Fsp3) is 0.300. The smallest absolute Gasteiger partial charge is 0.176 e. The van der Waals surface area contributed by atoms with Crippen LogP contribution in [0.25, 0.3) is 0 Å². The third-order valence-corrected chi connectivity index (χ3v) is 3.79. The number of fused-ring (bicyclic) bond motifs is 1. The van der Waals surface area contributed by atoms with Crippen molar-refractivity contribution in [2.45, 2.75) is 17.7 Å². The molecule has 1 aliphatic carbocycles. The number of ketones is 1. The summed E-state index contributed by atoms with van der Waals surface area (Å²) < 4.78 is 0. The highest BCUT2D eigenvalue weighted by molar-refractivity contribution is 9.10. The first kappa shape index (κ1) is 10.5. The van der Waals surface area contributed by atoms with Gasteiger partial charge in [-0.1, -0.05) is 39.1 Å². The van der Waals surface area contributed by atoms with Crippen molar-refractivity contribution in [1.82, 2.24) is 0 Å². The van der Waals surface area contributed by atoms with E-state index in [0.29, 0.717) is 15.6 Å². The second kappa shape index (κ2) is 3.84. The van der Waals surface area contributed by atoms with E-state index in [4.69, 9.17) is 23.2 Å². The predicted octanol–water partition coefficient (Wildman–Crippen LogP) is 3.89. The largest absolute Gasteiger partial charge is 0.293 e. The van der Waals surface area contributed by atoms with Crippen molar-refractivity contribution in [3.8, 4) is 0 Å². The maximum absolute atomic E-state index is 11.8. The fourth-order valence-corrected chi connectivity index (χ4v) is 2.71. The third-order valence-electron chi connectivity index (χ3n) is 2.36. The summed E-state index contributed by atoms with van der Waals surface area (Å²) in [7, 11) is 0.